The standard InChI is InChI=1S/C15H18N2O3/c1-11(15(19)20)10-17(13-3-4-13)14(18)5-2-12-6-8-16-9-7-12/h2,5-9,11,13H,3-4,10H2,1H3,(H,19,20). The number of nitrogens with zero attached hydrogens (tertiary/aromatic N) is 2. The third-order valence-electron chi connectivity index (χ3n) is 3.29. The lowest BCUT2D eigenvalue weighted by molar-refractivity contribution is -0.142. The van der Waals surface area contributed by atoms with E-state index in [-0.39, 0.29) is 18.5 Å². The van der Waals surface area contributed by atoms with Crippen LogP contribution in [0.25, 0.3) is 6.08 Å². The Hall–Kier alpha value is -2.17. The molecular formula is C15H18N2O3. The number of carboxylic acid groups (broad SMARTS) is 1. The molecule has 1 aliphatic carbocycles. The van der Waals surface area contributed by atoms with Crippen LogP contribution in [0.2, 0.25) is 0 Å². The van der Waals surface area contributed by atoms with Crippen molar-refractivity contribution in [3.8, 4) is 0 Å². The van der Waals surface area contributed by atoms with Gasteiger partial charge in [0.15, 0.2) is 0 Å². The number of hydrogen-bond acceptors (Lipinski definition) is 3. The molecule has 1 heterocycles. The van der Waals surface area contributed by atoms with E-state index in [0.717, 1.165) is 18.4 Å². The topological polar surface area (TPSA) is 70.5 Å². The van der Waals surface area contributed by atoms with E-state index in [1.807, 2.05) is 12.1 Å². The number of carbonyl (C=O) groups is 2. The normalized spacial score (nSPS) is 16.1. The van der Waals surface area contributed by atoms with Gasteiger partial charge in [-0.2, -0.15) is 0 Å². The highest BCUT2D eigenvalue weighted by molar-refractivity contribution is 5.92. The van der Waals surface area contributed by atoms with Gasteiger partial charge in [0.25, 0.3) is 0 Å². The zero-order valence-electron chi connectivity index (χ0n) is 11.4. The predicted octanol–water partition coefficient (Wildman–Crippen LogP) is 1.81. The van der Waals surface area contributed by atoms with Crippen LogP contribution in [-0.4, -0.2) is 39.5 Å². The Morgan fingerprint density at radius 1 is 1.45 bits per heavy atom. The van der Waals surface area contributed by atoms with Crippen LogP contribution in [0.1, 0.15) is 25.3 Å². The highest BCUT2D eigenvalue weighted by Gasteiger charge is 2.33. The Balaban J connectivity index is 2.00. The van der Waals surface area contributed by atoms with Crippen molar-refractivity contribution in [1.29, 1.82) is 0 Å². The Kier molecular flexibility index (Phi) is 4.50. The molecule has 20 heavy (non-hydrogen) atoms. The van der Waals surface area contributed by atoms with Crippen molar-refractivity contribution in [1.82, 2.24) is 9.88 Å². The first kappa shape index (κ1) is 14.2. The van der Waals surface area contributed by atoms with Crippen molar-refractivity contribution in [3.05, 3.63) is 36.2 Å². The van der Waals surface area contributed by atoms with Crippen molar-refractivity contribution < 1.29 is 14.7 Å². The van der Waals surface area contributed by atoms with Gasteiger partial charge in [0.1, 0.15) is 0 Å². The van der Waals surface area contributed by atoms with Gasteiger partial charge in [0.2, 0.25) is 5.91 Å². The summed E-state index contributed by atoms with van der Waals surface area (Å²) in [6, 6.07) is 3.82. The predicted molar refractivity (Wildman–Crippen MR) is 74.8 cm³/mol. The Morgan fingerprint density at radius 3 is 2.65 bits per heavy atom. The summed E-state index contributed by atoms with van der Waals surface area (Å²) in [6.07, 6.45) is 8.47. The van der Waals surface area contributed by atoms with Gasteiger partial charge in [-0.3, -0.25) is 14.6 Å². The van der Waals surface area contributed by atoms with Gasteiger partial charge < -0.3 is 10.0 Å². The maximum absolute atomic E-state index is 12.2. The lowest BCUT2D eigenvalue weighted by Crippen LogP contribution is -2.37. The van der Waals surface area contributed by atoms with E-state index >= 15 is 0 Å². The van der Waals surface area contributed by atoms with E-state index in [0.29, 0.717) is 0 Å². The van der Waals surface area contributed by atoms with Crippen LogP contribution < -0.4 is 0 Å². The monoisotopic (exact) mass is 274 g/mol. The molecule has 1 unspecified atom stereocenters. The van der Waals surface area contributed by atoms with Crippen LogP contribution >= 0.6 is 0 Å². The van der Waals surface area contributed by atoms with Crippen LogP contribution in [0.4, 0.5) is 0 Å². The number of carboxylic acids is 1. The molecule has 1 atom stereocenters. The summed E-state index contributed by atoms with van der Waals surface area (Å²) in [7, 11) is 0. The van der Waals surface area contributed by atoms with Gasteiger partial charge in [0.05, 0.1) is 5.92 Å². The summed E-state index contributed by atoms with van der Waals surface area (Å²) in [5, 5.41) is 8.96. The van der Waals surface area contributed by atoms with Crippen LogP contribution in [0, 0.1) is 5.92 Å². The van der Waals surface area contributed by atoms with Gasteiger partial charge >= 0.3 is 5.97 Å². The lowest BCUT2D eigenvalue weighted by Gasteiger charge is -2.22. The van der Waals surface area contributed by atoms with E-state index in [9.17, 15) is 9.59 Å². The first-order valence-corrected chi connectivity index (χ1v) is 6.69. The molecule has 0 saturated heterocycles. The number of pyridine rings is 1. The summed E-state index contributed by atoms with van der Waals surface area (Å²) in [6.45, 7) is 1.89. The maximum Gasteiger partial charge on any atom is 0.308 e. The average molecular weight is 274 g/mol. The largest absolute Gasteiger partial charge is 0.481 e. The van der Waals surface area contributed by atoms with E-state index < -0.39 is 11.9 Å². The zero-order valence-corrected chi connectivity index (χ0v) is 11.4. The number of aromatic nitrogens is 1. The lowest BCUT2D eigenvalue weighted by atomic mass is 10.1. The quantitative estimate of drug-likeness (QED) is 0.803. The molecule has 0 radical (unpaired) electrons. The number of rotatable bonds is 6. The molecular weight excluding hydrogens is 256 g/mol. The van der Waals surface area contributed by atoms with Crippen LogP contribution in [-0.2, 0) is 9.59 Å². The fraction of sp³-hybridized carbons (Fsp3) is 0.400. The number of carbonyl (C=O) groups excluding carboxylic acids is 1. The third kappa shape index (κ3) is 3.91. The second kappa shape index (κ2) is 6.32. The van der Waals surface area contributed by atoms with Crippen molar-refractivity contribution in [2.24, 2.45) is 5.92 Å². The number of aliphatic carboxylic acids is 1. The highest BCUT2D eigenvalue weighted by atomic mass is 16.4. The summed E-state index contributed by atoms with van der Waals surface area (Å²) in [4.78, 5) is 28.7. The minimum Gasteiger partial charge on any atom is -0.481 e. The first-order valence-electron chi connectivity index (χ1n) is 6.69. The molecule has 2 rings (SSSR count). The minimum atomic E-state index is -0.874. The molecule has 106 valence electrons. The van der Waals surface area contributed by atoms with E-state index in [4.69, 9.17) is 5.11 Å². The molecule has 0 bridgehead atoms. The summed E-state index contributed by atoms with van der Waals surface area (Å²) in [5.41, 5.74) is 0.898. The molecule has 1 fully saturated rings. The van der Waals surface area contributed by atoms with Crippen LogP contribution in [0.3, 0.4) is 0 Å². The molecule has 1 N–H and O–H groups in total. The molecule has 1 saturated carbocycles. The molecule has 0 spiro atoms. The van der Waals surface area contributed by atoms with Gasteiger partial charge in [-0.15, -0.1) is 0 Å². The molecule has 5 nitrogen and oxygen atoms in total. The average Bonchev–Trinajstić information content (AvgIpc) is 3.27. The first-order chi connectivity index (χ1) is 9.58. The summed E-state index contributed by atoms with van der Waals surface area (Å²) in [5.74, 6) is -1.55. The molecule has 1 aliphatic rings. The Labute approximate surface area is 117 Å². The highest BCUT2D eigenvalue weighted by Crippen LogP contribution is 2.28. The van der Waals surface area contributed by atoms with Crippen molar-refractivity contribution in [2.75, 3.05) is 6.54 Å². The molecule has 1 aromatic heterocycles. The van der Waals surface area contributed by atoms with Gasteiger partial charge in [-0.1, -0.05) is 6.92 Å². The summed E-state index contributed by atoms with van der Waals surface area (Å²) < 4.78 is 0. The Morgan fingerprint density at radius 2 is 2.10 bits per heavy atom. The van der Waals surface area contributed by atoms with E-state index in [2.05, 4.69) is 4.98 Å². The van der Waals surface area contributed by atoms with Gasteiger partial charge in [-0.25, -0.2) is 0 Å². The molecule has 0 aromatic carbocycles. The summed E-state index contributed by atoms with van der Waals surface area (Å²) >= 11 is 0. The van der Waals surface area contributed by atoms with Crippen molar-refractivity contribution in [3.63, 3.8) is 0 Å². The van der Waals surface area contributed by atoms with Crippen molar-refractivity contribution >= 4 is 18.0 Å². The van der Waals surface area contributed by atoms with E-state index in [1.54, 1.807) is 30.3 Å². The smallest absolute Gasteiger partial charge is 0.308 e. The fourth-order valence-electron chi connectivity index (χ4n) is 1.92. The second-order valence-electron chi connectivity index (χ2n) is 5.07. The van der Waals surface area contributed by atoms with Crippen LogP contribution in [0.15, 0.2) is 30.6 Å². The Bertz CT molecular complexity index is 509. The third-order valence-corrected chi connectivity index (χ3v) is 3.29. The minimum absolute atomic E-state index is 0.127. The van der Waals surface area contributed by atoms with E-state index in [1.165, 1.54) is 6.08 Å². The number of hydrogen-bond donors (Lipinski definition) is 1. The second-order valence-corrected chi connectivity index (χ2v) is 5.07. The van der Waals surface area contributed by atoms with Gasteiger partial charge in [0, 0.05) is 31.1 Å². The SMILES string of the molecule is CC(CN(C(=O)C=Cc1ccncc1)C1CC1)C(=O)O. The number of amides is 1. The molecule has 5 heteroatoms. The molecule has 1 aromatic rings. The fourth-order valence-corrected chi connectivity index (χ4v) is 1.92. The molecule has 0 aliphatic heterocycles. The zero-order chi connectivity index (χ0) is 14.5. The molecule has 1 amide bonds. The maximum atomic E-state index is 12.2. The van der Waals surface area contributed by atoms with Gasteiger partial charge in [-0.05, 0) is 36.6 Å². The van der Waals surface area contributed by atoms with Crippen molar-refractivity contribution in [2.45, 2.75) is 25.8 Å². The van der Waals surface area contributed by atoms with Crippen LogP contribution in [0.5, 0.6) is 0 Å².